The summed E-state index contributed by atoms with van der Waals surface area (Å²) in [5, 5.41) is 2.53. The van der Waals surface area contributed by atoms with Crippen molar-refractivity contribution in [3.8, 4) is 0 Å². The summed E-state index contributed by atoms with van der Waals surface area (Å²) in [5.74, 6) is -1.15. The lowest BCUT2D eigenvalue weighted by molar-refractivity contribution is -0.140. The zero-order valence-corrected chi connectivity index (χ0v) is 30.1. The van der Waals surface area contributed by atoms with Crippen molar-refractivity contribution < 1.29 is 31.2 Å². The van der Waals surface area contributed by atoms with Gasteiger partial charge in [-0.3, -0.25) is 13.9 Å². The second-order valence-corrected chi connectivity index (χ2v) is 15.3. The molecule has 1 atom stereocenters. The van der Waals surface area contributed by atoms with E-state index in [0.717, 1.165) is 66.5 Å². The highest BCUT2D eigenvalue weighted by atomic mass is 35.5. The molecular formula is C39H41ClF3N3O4S. The molecule has 1 saturated carbocycles. The SMILES string of the molecule is Cc1ccc(S(=O)(=O)N(CC(=O)N(Cc2ccccc2C)[C@@H](Cc2ccccc2)C(=O)NC2CCCCC2)c2ccc(Cl)c(C(F)(F)F)c2)cc1. The fourth-order valence-electron chi connectivity index (χ4n) is 6.32. The quantitative estimate of drug-likeness (QED) is 0.159. The van der Waals surface area contributed by atoms with Crippen LogP contribution in [0.2, 0.25) is 5.02 Å². The lowest BCUT2D eigenvalue weighted by Gasteiger charge is -2.35. The summed E-state index contributed by atoms with van der Waals surface area (Å²) in [6.07, 6.45) is -0.164. The maximum absolute atomic E-state index is 14.7. The van der Waals surface area contributed by atoms with E-state index in [0.29, 0.717) is 10.4 Å². The highest BCUT2D eigenvalue weighted by Gasteiger charge is 2.38. The number of anilines is 1. The predicted octanol–water partition coefficient (Wildman–Crippen LogP) is 8.26. The third-order valence-corrected chi connectivity index (χ3v) is 11.4. The molecule has 0 spiro atoms. The van der Waals surface area contributed by atoms with Crippen LogP contribution in [-0.2, 0) is 38.8 Å². The number of alkyl halides is 3. The summed E-state index contributed by atoms with van der Waals surface area (Å²) in [4.78, 5) is 30.1. The van der Waals surface area contributed by atoms with Crippen LogP contribution in [0, 0.1) is 13.8 Å². The van der Waals surface area contributed by atoms with E-state index in [1.54, 1.807) is 25.1 Å². The van der Waals surface area contributed by atoms with Crippen molar-refractivity contribution in [2.75, 3.05) is 10.8 Å². The fourth-order valence-corrected chi connectivity index (χ4v) is 7.95. The monoisotopic (exact) mass is 739 g/mol. The molecule has 0 heterocycles. The van der Waals surface area contributed by atoms with Crippen LogP contribution in [0.25, 0.3) is 0 Å². The number of rotatable bonds is 12. The summed E-state index contributed by atoms with van der Waals surface area (Å²) >= 11 is 5.92. The van der Waals surface area contributed by atoms with Crippen molar-refractivity contribution in [1.29, 1.82) is 0 Å². The Labute approximate surface area is 302 Å². The van der Waals surface area contributed by atoms with E-state index < -0.39 is 51.0 Å². The second-order valence-electron chi connectivity index (χ2n) is 13.0. The fraction of sp³-hybridized carbons (Fsp3) is 0.333. The average molecular weight is 740 g/mol. The van der Waals surface area contributed by atoms with E-state index in [1.165, 1.54) is 17.0 Å². The van der Waals surface area contributed by atoms with Gasteiger partial charge in [-0.2, -0.15) is 13.2 Å². The molecule has 0 aromatic heterocycles. The minimum absolute atomic E-state index is 0.0477. The first kappa shape index (κ1) is 37.9. The highest BCUT2D eigenvalue weighted by molar-refractivity contribution is 7.92. The molecule has 51 heavy (non-hydrogen) atoms. The molecule has 1 fully saturated rings. The number of nitrogens with zero attached hydrogens (tertiary/aromatic N) is 2. The lowest BCUT2D eigenvalue weighted by Crippen LogP contribution is -2.55. The number of amides is 2. The largest absolute Gasteiger partial charge is 0.417 e. The molecule has 5 rings (SSSR count). The molecule has 4 aromatic carbocycles. The van der Waals surface area contributed by atoms with E-state index in [9.17, 15) is 31.2 Å². The van der Waals surface area contributed by atoms with Crippen molar-refractivity contribution in [1.82, 2.24) is 10.2 Å². The minimum atomic E-state index is -4.90. The highest BCUT2D eigenvalue weighted by Crippen LogP contribution is 2.38. The molecule has 0 saturated heterocycles. The first-order valence-corrected chi connectivity index (χ1v) is 18.7. The van der Waals surface area contributed by atoms with Gasteiger partial charge in [0, 0.05) is 19.0 Å². The summed E-state index contributed by atoms with van der Waals surface area (Å²) in [5.41, 5.74) is 1.47. The number of nitrogens with one attached hydrogen (secondary N) is 1. The number of hydrogen-bond donors (Lipinski definition) is 1. The number of hydrogen-bond acceptors (Lipinski definition) is 4. The molecule has 7 nitrogen and oxygen atoms in total. The van der Waals surface area contributed by atoms with Gasteiger partial charge in [0.05, 0.1) is 21.2 Å². The topological polar surface area (TPSA) is 86.8 Å². The summed E-state index contributed by atoms with van der Waals surface area (Å²) in [6.45, 7) is 2.70. The van der Waals surface area contributed by atoms with Gasteiger partial charge in [0.15, 0.2) is 0 Å². The molecule has 1 N–H and O–H groups in total. The molecule has 0 radical (unpaired) electrons. The Morgan fingerprint density at radius 2 is 1.53 bits per heavy atom. The maximum Gasteiger partial charge on any atom is 0.417 e. The molecule has 0 aliphatic heterocycles. The van der Waals surface area contributed by atoms with Crippen LogP contribution in [0.4, 0.5) is 18.9 Å². The van der Waals surface area contributed by atoms with Crippen LogP contribution in [0.3, 0.4) is 0 Å². The first-order valence-electron chi connectivity index (χ1n) is 16.9. The number of aryl methyl sites for hydroxylation is 2. The molecule has 12 heteroatoms. The van der Waals surface area contributed by atoms with Crippen LogP contribution >= 0.6 is 11.6 Å². The van der Waals surface area contributed by atoms with Crippen LogP contribution in [0.5, 0.6) is 0 Å². The van der Waals surface area contributed by atoms with E-state index in [-0.39, 0.29) is 29.8 Å². The Balaban J connectivity index is 1.62. The zero-order valence-electron chi connectivity index (χ0n) is 28.5. The summed E-state index contributed by atoms with van der Waals surface area (Å²) < 4.78 is 71.4. The standard InChI is InChI=1S/C39H41ClF3N3O4S/c1-27-17-20-33(21-18-27)51(49,50)46(32-19-22-35(40)34(24-32)39(41,42)43)26-37(47)45(25-30-14-10-9-11-28(30)2)36(23-29-12-5-3-6-13-29)38(48)44-31-15-7-4-8-16-31/h3,5-6,9-14,17-22,24,31,36H,4,7-8,15-16,23,25-26H2,1-2H3,(H,44,48)/t36-/m0/s1. The number of benzene rings is 4. The van der Waals surface area contributed by atoms with Gasteiger partial charge in [-0.25, -0.2) is 8.42 Å². The molecular weight excluding hydrogens is 699 g/mol. The van der Waals surface area contributed by atoms with Crippen molar-refractivity contribution in [2.45, 2.75) is 82.1 Å². The van der Waals surface area contributed by atoms with E-state index in [2.05, 4.69) is 5.32 Å². The third-order valence-electron chi connectivity index (χ3n) is 9.26. The van der Waals surface area contributed by atoms with E-state index in [4.69, 9.17) is 11.6 Å². The van der Waals surface area contributed by atoms with Gasteiger partial charge in [-0.1, -0.05) is 103 Å². The Bertz CT molecular complexity index is 1930. The van der Waals surface area contributed by atoms with Crippen LogP contribution in [-0.4, -0.2) is 43.8 Å². The van der Waals surface area contributed by atoms with Gasteiger partial charge in [-0.05, 0) is 73.7 Å². The predicted molar refractivity (Wildman–Crippen MR) is 193 cm³/mol. The van der Waals surface area contributed by atoms with Gasteiger partial charge in [0.2, 0.25) is 11.8 Å². The maximum atomic E-state index is 14.7. The van der Waals surface area contributed by atoms with Crippen molar-refractivity contribution in [2.24, 2.45) is 0 Å². The molecule has 270 valence electrons. The van der Waals surface area contributed by atoms with Gasteiger partial charge < -0.3 is 10.2 Å². The molecule has 2 amide bonds. The molecule has 4 aromatic rings. The summed E-state index contributed by atoms with van der Waals surface area (Å²) in [6, 6.07) is 23.9. The van der Waals surface area contributed by atoms with Crippen LogP contribution in [0.1, 0.15) is 59.9 Å². The Kier molecular flexibility index (Phi) is 12.1. The average Bonchev–Trinajstić information content (AvgIpc) is 3.10. The smallest absolute Gasteiger partial charge is 0.352 e. The zero-order chi connectivity index (χ0) is 36.8. The van der Waals surface area contributed by atoms with Gasteiger partial charge in [0.1, 0.15) is 12.6 Å². The van der Waals surface area contributed by atoms with Gasteiger partial charge >= 0.3 is 6.18 Å². The van der Waals surface area contributed by atoms with E-state index in [1.807, 2.05) is 55.5 Å². The third kappa shape index (κ3) is 9.51. The van der Waals surface area contributed by atoms with Crippen molar-refractivity contribution >= 4 is 39.1 Å². The summed E-state index contributed by atoms with van der Waals surface area (Å²) in [7, 11) is -4.61. The van der Waals surface area contributed by atoms with Crippen LogP contribution in [0.15, 0.2) is 102 Å². The molecule has 0 bridgehead atoms. The second kappa shape index (κ2) is 16.3. The van der Waals surface area contributed by atoms with Gasteiger partial charge in [-0.15, -0.1) is 0 Å². The molecule has 1 aliphatic rings. The lowest BCUT2D eigenvalue weighted by atomic mass is 9.94. The Hall–Kier alpha value is -4.35. The minimum Gasteiger partial charge on any atom is -0.352 e. The number of halogens is 4. The van der Waals surface area contributed by atoms with Crippen molar-refractivity contribution in [3.05, 3.63) is 130 Å². The number of carbonyl (C=O) groups excluding carboxylic acids is 2. The number of carbonyl (C=O) groups is 2. The van der Waals surface area contributed by atoms with E-state index >= 15 is 0 Å². The normalized spacial score (nSPS) is 14.5. The molecule has 0 unspecified atom stereocenters. The van der Waals surface area contributed by atoms with Crippen LogP contribution < -0.4 is 9.62 Å². The first-order chi connectivity index (χ1) is 24.2. The number of sulfonamides is 1. The molecule has 1 aliphatic carbocycles. The van der Waals surface area contributed by atoms with Crippen molar-refractivity contribution in [3.63, 3.8) is 0 Å². The Morgan fingerprint density at radius 3 is 2.18 bits per heavy atom. The van der Waals surface area contributed by atoms with Gasteiger partial charge in [0.25, 0.3) is 10.0 Å². The Morgan fingerprint density at radius 1 is 0.882 bits per heavy atom.